The summed E-state index contributed by atoms with van der Waals surface area (Å²) in [4.78, 5) is 16.1. The third kappa shape index (κ3) is 8.38. The number of aromatic nitrogens is 1. The fourth-order valence-electron chi connectivity index (χ4n) is 7.99. The number of benzene rings is 6. The van der Waals surface area contributed by atoms with Gasteiger partial charge in [-0.3, -0.25) is 9.98 Å². The first-order valence-electron chi connectivity index (χ1n) is 19.9. The van der Waals surface area contributed by atoms with Gasteiger partial charge in [0.25, 0.3) is 0 Å². The van der Waals surface area contributed by atoms with E-state index in [0.29, 0.717) is 0 Å². The molecule has 0 aliphatic rings. The lowest BCUT2D eigenvalue weighted by Gasteiger charge is -2.27. The first-order chi connectivity index (χ1) is 27.3. The molecule has 0 bridgehead atoms. The Labute approximate surface area is 333 Å². The van der Waals surface area contributed by atoms with Gasteiger partial charge in [0, 0.05) is 11.8 Å². The van der Waals surface area contributed by atoms with E-state index in [9.17, 15) is 0 Å². The third-order valence-corrected chi connectivity index (χ3v) is 10.7. The van der Waals surface area contributed by atoms with Crippen LogP contribution < -0.4 is 0 Å². The summed E-state index contributed by atoms with van der Waals surface area (Å²) >= 11 is 0. The molecule has 0 aliphatic carbocycles. The van der Waals surface area contributed by atoms with Gasteiger partial charge in [-0.05, 0) is 97.2 Å². The maximum Gasteiger partial charge on any atom is 0.0849 e. The number of pyridine rings is 1. The molecule has 0 aliphatic heterocycles. The van der Waals surface area contributed by atoms with Crippen LogP contribution in [0.3, 0.4) is 0 Å². The number of aliphatic imine (C=N–C) groups is 2. The maximum atomic E-state index is 5.68. The van der Waals surface area contributed by atoms with Crippen molar-refractivity contribution in [1.29, 1.82) is 0 Å². The molecule has 6 aromatic carbocycles. The van der Waals surface area contributed by atoms with Crippen molar-refractivity contribution in [2.45, 2.75) is 66.2 Å². The molecule has 1 aromatic heterocycles. The summed E-state index contributed by atoms with van der Waals surface area (Å²) in [5, 5.41) is 0. The Morgan fingerprint density at radius 3 is 1.14 bits per heavy atom. The average Bonchev–Trinajstić information content (AvgIpc) is 3.24. The van der Waals surface area contributed by atoms with E-state index in [-0.39, 0.29) is 11.8 Å². The highest BCUT2D eigenvalue weighted by Crippen LogP contribution is 2.45. The smallest absolute Gasteiger partial charge is 0.0849 e. The Hall–Kier alpha value is -6.19. The fraction of sp³-hybridized carbons (Fsp3) is 0.189. The van der Waals surface area contributed by atoms with Gasteiger partial charge in [0.1, 0.15) is 0 Å². The molecule has 0 atom stereocenters. The quantitative estimate of drug-likeness (QED) is 0.0911. The van der Waals surface area contributed by atoms with Crippen molar-refractivity contribution in [2.75, 3.05) is 0 Å². The van der Waals surface area contributed by atoms with Crippen LogP contribution >= 0.6 is 0 Å². The molecule has 0 radical (unpaired) electrons. The number of hydrogen-bond donors (Lipinski definition) is 0. The molecular formula is C53H51N3. The van der Waals surface area contributed by atoms with Crippen LogP contribution in [-0.4, -0.2) is 16.4 Å². The molecule has 0 amide bonds. The Bertz CT molecular complexity index is 2260. The van der Waals surface area contributed by atoms with Crippen molar-refractivity contribution >= 4 is 22.8 Å². The van der Waals surface area contributed by atoms with Crippen LogP contribution in [0.5, 0.6) is 0 Å². The highest BCUT2D eigenvalue weighted by atomic mass is 14.8. The van der Waals surface area contributed by atoms with E-state index in [2.05, 4.69) is 205 Å². The van der Waals surface area contributed by atoms with Crippen molar-refractivity contribution in [3.05, 3.63) is 231 Å². The number of hydrogen-bond acceptors (Lipinski definition) is 3. The highest BCUT2D eigenvalue weighted by Gasteiger charge is 2.27. The van der Waals surface area contributed by atoms with Crippen LogP contribution in [0.1, 0.15) is 107 Å². The van der Waals surface area contributed by atoms with Gasteiger partial charge in [-0.1, -0.05) is 177 Å². The lowest BCUT2D eigenvalue weighted by Crippen LogP contribution is -2.11. The van der Waals surface area contributed by atoms with E-state index >= 15 is 0 Å². The summed E-state index contributed by atoms with van der Waals surface area (Å²) < 4.78 is 0. The summed E-state index contributed by atoms with van der Waals surface area (Å²) in [7, 11) is 0. The van der Waals surface area contributed by atoms with E-state index in [1.807, 2.05) is 0 Å². The first-order valence-corrected chi connectivity index (χ1v) is 19.9. The second-order valence-corrected chi connectivity index (χ2v) is 14.7. The molecule has 3 heteroatoms. The molecule has 0 N–H and O–H groups in total. The first kappa shape index (κ1) is 38.1. The molecule has 0 fully saturated rings. The van der Waals surface area contributed by atoms with Gasteiger partial charge in [0.05, 0.1) is 34.2 Å². The van der Waals surface area contributed by atoms with Crippen molar-refractivity contribution in [3.8, 4) is 0 Å². The van der Waals surface area contributed by atoms with Gasteiger partial charge in [-0.2, -0.15) is 0 Å². The van der Waals surface area contributed by atoms with Crippen molar-refractivity contribution in [1.82, 2.24) is 4.98 Å². The molecule has 7 aromatic rings. The molecule has 3 nitrogen and oxygen atoms in total. The lowest BCUT2D eigenvalue weighted by molar-refractivity contribution is 0.933. The largest absolute Gasteiger partial charge is 0.251 e. The minimum Gasteiger partial charge on any atom is -0.251 e. The predicted octanol–water partition coefficient (Wildman–Crippen LogP) is 13.5. The second kappa shape index (κ2) is 17.5. The van der Waals surface area contributed by atoms with Crippen LogP contribution in [0.25, 0.3) is 0 Å². The van der Waals surface area contributed by atoms with Crippen LogP contribution in [-0.2, 0) is 12.8 Å². The minimum absolute atomic E-state index is 0.0431. The van der Waals surface area contributed by atoms with Crippen LogP contribution in [0.15, 0.2) is 174 Å². The minimum atomic E-state index is -0.0431. The summed E-state index contributed by atoms with van der Waals surface area (Å²) in [5.41, 5.74) is 17.7. The monoisotopic (exact) mass is 729 g/mol. The molecule has 0 saturated heterocycles. The summed E-state index contributed by atoms with van der Waals surface area (Å²) in [6.07, 6.45) is 1.86. The van der Waals surface area contributed by atoms with Gasteiger partial charge in [0.15, 0.2) is 0 Å². The van der Waals surface area contributed by atoms with Gasteiger partial charge in [-0.25, -0.2) is 4.98 Å². The summed E-state index contributed by atoms with van der Waals surface area (Å²) in [5.74, 6) is -0.0861. The maximum absolute atomic E-state index is 5.68. The predicted molar refractivity (Wildman–Crippen MR) is 237 cm³/mol. The van der Waals surface area contributed by atoms with Gasteiger partial charge < -0.3 is 0 Å². The second-order valence-electron chi connectivity index (χ2n) is 14.7. The van der Waals surface area contributed by atoms with Gasteiger partial charge in [-0.15, -0.1) is 0 Å². The van der Waals surface area contributed by atoms with Gasteiger partial charge in [0.2, 0.25) is 0 Å². The molecule has 0 spiro atoms. The Morgan fingerprint density at radius 1 is 0.446 bits per heavy atom. The standard InChI is InChI=1S/C53H51N3/c1-7-40-32-36(3)33-41(8-2)52(40)54-38(5)48-30-21-31-49(56-48)39(6)55-53-46(50(42-22-13-9-14-23-42)43-24-15-10-16-25-43)34-37(4)35-47(53)51(44-26-17-11-18-27-44)45-28-19-12-20-29-45/h9-35,50-51H,7-8H2,1-6H3. The fourth-order valence-corrected chi connectivity index (χ4v) is 7.99. The average molecular weight is 730 g/mol. The number of aryl methyl sites for hydroxylation is 4. The number of rotatable bonds is 12. The summed E-state index contributed by atoms with van der Waals surface area (Å²) in [6.45, 7) is 13.0. The zero-order valence-electron chi connectivity index (χ0n) is 33.5. The number of nitrogens with zero attached hydrogens (tertiary/aromatic N) is 3. The summed E-state index contributed by atoms with van der Waals surface area (Å²) in [6, 6.07) is 58.7. The molecular weight excluding hydrogens is 679 g/mol. The van der Waals surface area contributed by atoms with Crippen LogP contribution in [0.2, 0.25) is 0 Å². The van der Waals surface area contributed by atoms with Gasteiger partial charge >= 0.3 is 0 Å². The Kier molecular flexibility index (Phi) is 11.9. The molecule has 1 heterocycles. The zero-order valence-corrected chi connectivity index (χ0v) is 33.5. The van der Waals surface area contributed by atoms with E-state index in [1.54, 1.807) is 0 Å². The molecule has 7 rings (SSSR count). The molecule has 0 saturated carbocycles. The molecule has 278 valence electrons. The van der Waals surface area contributed by atoms with Crippen molar-refractivity contribution in [3.63, 3.8) is 0 Å². The van der Waals surface area contributed by atoms with E-state index in [4.69, 9.17) is 15.0 Å². The SMILES string of the molecule is CCc1cc(C)cc(CC)c1N=C(C)c1cccc(C(C)=Nc2c(C(c3ccccc3)c3ccccc3)cc(C)cc2C(c2ccccc2)c2ccccc2)n1. The highest BCUT2D eigenvalue weighted by molar-refractivity contribution is 6.02. The third-order valence-electron chi connectivity index (χ3n) is 10.7. The van der Waals surface area contributed by atoms with Crippen molar-refractivity contribution < 1.29 is 0 Å². The Balaban J connectivity index is 1.45. The Morgan fingerprint density at radius 2 is 0.786 bits per heavy atom. The van der Waals surface area contributed by atoms with Crippen molar-refractivity contribution in [2.24, 2.45) is 9.98 Å². The molecule has 56 heavy (non-hydrogen) atoms. The van der Waals surface area contributed by atoms with E-state index < -0.39 is 0 Å². The van der Waals surface area contributed by atoms with E-state index in [1.165, 1.54) is 55.6 Å². The van der Waals surface area contributed by atoms with E-state index in [0.717, 1.165) is 47.0 Å². The lowest BCUT2D eigenvalue weighted by atomic mass is 9.78. The molecule has 0 unspecified atom stereocenters. The van der Waals surface area contributed by atoms with Crippen LogP contribution in [0.4, 0.5) is 11.4 Å². The topological polar surface area (TPSA) is 37.6 Å². The van der Waals surface area contributed by atoms with Crippen LogP contribution in [0, 0.1) is 13.8 Å². The zero-order chi connectivity index (χ0) is 39.0. The normalized spacial score (nSPS) is 12.1.